The van der Waals surface area contributed by atoms with Crippen molar-refractivity contribution in [1.29, 1.82) is 0 Å². The number of allylic oxidation sites excluding steroid dienone is 7. The lowest BCUT2D eigenvalue weighted by Crippen LogP contribution is -2.55. The van der Waals surface area contributed by atoms with E-state index >= 15 is 0 Å². The van der Waals surface area contributed by atoms with Crippen molar-refractivity contribution in [2.75, 3.05) is 0 Å². The van der Waals surface area contributed by atoms with Crippen molar-refractivity contribution in [3.63, 3.8) is 0 Å². The molecule has 0 radical (unpaired) electrons. The maximum absolute atomic E-state index is 13.7. The van der Waals surface area contributed by atoms with Crippen LogP contribution in [0.5, 0.6) is 0 Å². The monoisotopic (exact) mass is 402 g/mol. The summed E-state index contributed by atoms with van der Waals surface area (Å²) in [5, 5.41) is 22.0. The molecule has 0 aromatic heterocycles. The fourth-order valence-corrected chi connectivity index (χ4v) is 3.62. The van der Waals surface area contributed by atoms with Crippen molar-refractivity contribution < 1.29 is 19.8 Å². The van der Waals surface area contributed by atoms with Gasteiger partial charge in [-0.05, 0) is 60.8 Å². The molecule has 0 saturated heterocycles. The first-order chi connectivity index (χ1) is 13.3. The minimum absolute atomic E-state index is 0.0102. The molecule has 162 valence electrons. The molecule has 29 heavy (non-hydrogen) atoms. The van der Waals surface area contributed by atoms with Gasteiger partial charge in [0.1, 0.15) is 5.76 Å². The summed E-state index contributed by atoms with van der Waals surface area (Å²) in [4.78, 5) is 26.9. The zero-order valence-corrected chi connectivity index (χ0v) is 19.3. The molecule has 2 atom stereocenters. The van der Waals surface area contributed by atoms with Gasteiger partial charge >= 0.3 is 0 Å². The van der Waals surface area contributed by atoms with Crippen molar-refractivity contribution >= 4 is 11.6 Å². The first kappa shape index (κ1) is 25.1. The van der Waals surface area contributed by atoms with E-state index in [1.807, 2.05) is 59.8 Å². The highest BCUT2D eigenvalue weighted by Gasteiger charge is 2.56. The molecule has 1 aliphatic carbocycles. The van der Waals surface area contributed by atoms with Gasteiger partial charge in [-0.2, -0.15) is 0 Å². The Kier molecular flexibility index (Phi) is 8.83. The predicted octanol–water partition coefficient (Wildman–Crippen LogP) is 5.64. The number of Topliss-reactive ketones (excluding diaryl/α,β-unsaturated/α-hetero) is 2. The summed E-state index contributed by atoms with van der Waals surface area (Å²) in [6, 6.07) is 0. The van der Waals surface area contributed by atoms with E-state index in [0.717, 1.165) is 16.7 Å². The third-order valence-corrected chi connectivity index (χ3v) is 5.52. The SMILES string of the molecule is CC(C)=CCC1C(=O)C(=C(O)C(C)C)C(O)C(CC=C(C)C)(CC=C(C)C)C1=O. The van der Waals surface area contributed by atoms with Crippen LogP contribution in [-0.2, 0) is 9.59 Å². The lowest BCUT2D eigenvalue weighted by molar-refractivity contribution is -0.148. The van der Waals surface area contributed by atoms with Crippen LogP contribution < -0.4 is 0 Å². The second-order valence-corrected chi connectivity index (χ2v) is 9.28. The van der Waals surface area contributed by atoms with Gasteiger partial charge in [-0.25, -0.2) is 0 Å². The summed E-state index contributed by atoms with van der Waals surface area (Å²) in [6.45, 7) is 15.2. The second kappa shape index (κ2) is 10.2. The summed E-state index contributed by atoms with van der Waals surface area (Å²) in [5.41, 5.74) is 1.95. The van der Waals surface area contributed by atoms with Crippen molar-refractivity contribution in [1.82, 2.24) is 0 Å². The van der Waals surface area contributed by atoms with Crippen LogP contribution in [0.4, 0.5) is 0 Å². The lowest BCUT2D eigenvalue weighted by Gasteiger charge is -2.43. The normalized spacial score (nSPS) is 23.0. The molecular weight excluding hydrogens is 364 g/mol. The topological polar surface area (TPSA) is 74.6 Å². The first-order valence-electron chi connectivity index (χ1n) is 10.4. The van der Waals surface area contributed by atoms with Gasteiger partial charge in [0.25, 0.3) is 0 Å². The average Bonchev–Trinajstić information content (AvgIpc) is 2.60. The summed E-state index contributed by atoms with van der Waals surface area (Å²) in [7, 11) is 0. The molecule has 2 unspecified atom stereocenters. The molecule has 0 aromatic rings. The molecule has 0 aliphatic heterocycles. The average molecular weight is 403 g/mol. The summed E-state index contributed by atoms with van der Waals surface area (Å²) in [6.07, 6.45) is 5.37. The van der Waals surface area contributed by atoms with Gasteiger partial charge in [-0.3, -0.25) is 9.59 Å². The second-order valence-electron chi connectivity index (χ2n) is 9.28. The fraction of sp³-hybridized carbons (Fsp3) is 0.600. The summed E-state index contributed by atoms with van der Waals surface area (Å²) < 4.78 is 0. The number of ketones is 2. The van der Waals surface area contributed by atoms with E-state index in [2.05, 4.69) is 0 Å². The molecule has 1 rings (SSSR count). The van der Waals surface area contributed by atoms with Crippen molar-refractivity contribution in [3.8, 4) is 0 Å². The Hall–Kier alpha value is -1.94. The van der Waals surface area contributed by atoms with E-state index in [9.17, 15) is 19.8 Å². The van der Waals surface area contributed by atoms with Crippen LogP contribution in [-0.4, -0.2) is 27.9 Å². The van der Waals surface area contributed by atoms with E-state index < -0.39 is 23.2 Å². The summed E-state index contributed by atoms with van der Waals surface area (Å²) >= 11 is 0. The predicted molar refractivity (Wildman–Crippen MR) is 119 cm³/mol. The maximum Gasteiger partial charge on any atom is 0.175 e. The molecule has 0 bridgehead atoms. The van der Waals surface area contributed by atoms with E-state index in [1.54, 1.807) is 13.8 Å². The van der Waals surface area contributed by atoms with Gasteiger partial charge in [-0.15, -0.1) is 0 Å². The molecule has 1 fully saturated rings. The number of hydrogen-bond donors (Lipinski definition) is 2. The molecule has 4 heteroatoms. The number of rotatable bonds is 7. The smallest absolute Gasteiger partial charge is 0.175 e. The Morgan fingerprint density at radius 3 is 1.76 bits per heavy atom. The molecule has 1 aliphatic rings. The molecular formula is C25H38O4. The summed E-state index contributed by atoms with van der Waals surface area (Å²) in [5.74, 6) is -2.00. The molecule has 0 heterocycles. The fourth-order valence-electron chi connectivity index (χ4n) is 3.62. The van der Waals surface area contributed by atoms with Crippen molar-refractivity contribution in [2.45, 2.75) is 80.8 Å². The van der Waals surface area contributed by atoms with Gasteiger partial charge in [-0.1, -0.05) is 48.8 Å². The van der Waals surface area contributed by atoms with Crippen LogP contribution in [0, 0.1) is 17.3 Å². The zero-order valence-electron chi connectivity index (χ0n) is 19.3. The highest BCUT2D eigenvalue weighted by atomic mass is 16.3. The van der Waals surface area contributed by atoms with E-state index in [1.165, 1.54) is 0 Å². The molecule has 4 nitrogen and oxygen atoms in total. The number of aliphatic hydroxyl groups is 2. The van der Waals surface area contributed by atoms with Gasteiger partial charge < -0.3 is 10.2 Å². The molecule has 2 N–H and O–H groups in total. The maximum atomic E-state index is 13.7. The minimum Gasteiger partial charge on any atom is -0.512 e. The van der Waals surface area contributed by atoms with Crippen molar-refractivity contribution in [3.05, 3.63) is 46.3 Å². The number of aliphatic hydroxyl groups excluding tert-OH is 2. The van der Waals surface area contributed by atoms with Crippen molar-refractivity contribution in [2.24, 2.45) is 17.3 Å². The minimum atomic E-state index is -1.33. The Labute approximate surface area is 176 Å². The third-order valence-electron chi connectivity index (χ3n) is 5.52. The lowest BCUT2D eigenvalue weighted by atomic mass is 9.59. The van der Waals surface area contributed by atoms with E-state index in [-0.39, 0.29) is 29.5 Å². The quantitative estimate of drug-likeness (QED) is 0.250. The van der Waals surface area contributed by atoms with Gasteiger partial charge in [0.15, 0.2) is 11.6 Å². The Balaban J connectivity index is 3.75. The molecule has 0 amide bonds. The van der Waals surface area contributed by atoms with Crippen LogP contribution >= 0.6 is 0 Å². The van der Waals surface area contributed by atoms with Gasteiger partial charge in [0.05, 0.1) is 23.0 Å². The van der Waals surface area contributed by atoms with Crippen LogP contribution in [0.15, 0.2) is 46.3 Å². The Bertz CT molecular complexity index is 730. The standard InChI is InChI=1S/C25H38O4/c1-15(2)9-10-19-22(27)20(21(26)18(7)8)24(29)25(23(19)28,13-11-16(3)4)14-12-17(5)6/h9,11-12,18-19,24,26,29H,10,13-14H2,1-8H3. The number of hydrogen-bond acceptors (Lipinski definition) is 4. The first-order valence-corrected chi connectivity index (χ1v) is 10.4. The highest BCUT2D eigenvalue weighted by molar-refractivity contribution is 6.16. The highest BCUT2D eigenvalue weighted by Crippen LogP contribution is 2.46. The van der Waals surface area contributed by atoms with Crippen LogP contribution in [0.3, 0.4) is 0 Å². The Morgan fingerprint density at radius 2 is 1.38 bits per heavy atom. The molecule has 0 aromatic carbocycles. The molecule has 0 spiro atoms. The third kappa shape index (κ3) is 5.79. The van der Waals surface area contributed by atoms with Crippen LogP contribution in [0.25, 0.3) is 0 Å². The van der Waals surface area contributed by atoms with E-state index in [4.69, 9.17) is 0 Å². The molecule has 1 saturated carbocycles. The van der Waals surface area contributed by atoms with Gasteiger partial charge in [0, 0.05) is 5.92 Å². The number of carbonyl (C=O) groups is 2. The van der Waals surface area contributed by atoms with E-state index in [0.29, 0.717) is 12.8 Å². The Morgan fingerprint density at radius 1 is 0.931 bits per heavy atom. The number of carbonyl (C=O) groups excluding carboxylic acids is 2. The largest absolute Gasteiger partial charge is 0.512 e. The van der Waals surface area contributed by atoms with Gasteiger partial charge in [0.2, 0.25) is 0 Å². The zero-order chi connectivity index (χ0) is 22.5. The van der Waals surface area contributed by atoms with Crippen LogP contribution in [0.2, 0.25) is 0 Å². The van der Waals surface area contributed by atoms with Crippen LogP contribution in [0.1, 0.15) is 74.7 Å².